The molecule has 24 heavy (non-hydrogen) atoms. The summed E-state index contributed by atoms with van der Waals surface area (Å²) in [6.45, 7) is 8.74. The molecule has 0 saturated heterocycles. The van der Waals surface area contributed by atoms with E-state index in [0.29, 0.717) is 5.92 Å². The third-order valence-corrected chi connectivity index (χ3v) is 5.59. The molecule has 2 atom stereocenters. The molecule has 1 aromatic rings. The summed E-state index contributed by atoms with van der Waals surface area (Å²) in [6.07, 6.45) is 12.3. The standard InChI is InChI=1S/C20H22N2O2/c1-15-6-4-5-12-20(13-11-18(15)19(20,2)3)21-14-16-7-9-17(10-8-16)22(23)24/h4-10,12,14,18H,1,11,13H2,2-3H3/b6-4-,12-5-,21-14?. The van der Waals surface area contributed by atoms with Crippen LogP contribution in [-0.2, 0) is 0 Å². The lowest BCUT2D eigenvalue weighted by atomic mass is 9.67. The first-order valence-electron chi connectivity index (χ1n) is 8.20. The van der Waals surface area contributed by atoms with E-state index in [1.165, 1.54) is 12.1 Å². The van der Waals surface area contributed by atoms with Gasteiger partial charge in [0.25, 0.3) is 5.69 Å². The van der Waals surface area contributed by atoms with Crippen LogP contribution >= 0.6 is 0 Å². The van der Waals surface area contributed by atoms with Crippen LogP contribution in [0, 0.1) is 21.4 Å². The minimum atomic E-state index is -0.389. The summed E-state index contributed by atoms with van der Waals surface area (Å²) in [7, 11) is 0. The lowest BCUT2D eigenvalue weighted by Gasteiger charge is -2.40. The summed E-state index contributed by atoms with van der Waals surface area (Å²) < 4.78 is 0. The number of aliphatic imine (C=N–C) groups is 1. The predicted molar refractivity (Wildman–Crippen MR) is 97.3 cm³/mol. The third kappa shape index (κ3) is 2.62. The molecule has 1 fully saturated rings. The first kappa shape index (κ1) is 16.4. The summed E-state index contributed by atoms with van der Waals surface area (Å²) in [5, 5.41) is 10.8. The topological polar surface area (TPSA) is 55.5 Å². The average molecular weight is 322 g/mol. The molecule has 2 unspecified atom stereocenters. The maximum Gasteiger partial charge on any atom is 0.269 e. The van der Waals surface area contributed by atoms with Crippen LogP contribution < -0.4 is 0 Å². The van der Waals surface area contributed by atoms with Crippen molar-refractivity contribution in [2.75, 3.05) is 0 Å². The summed E-state index contributed by atoms with van der Waals surface area (Å²) in [5.74, 6) is 0.410. The van der Waals surface area contributed by atoms with Gasteiger partial charge in [-0.3, -0.25) is 15.1 Å². The van der Waals surface area contributed by atoms with Gasteiger partial charge in [-0.2, -0.15) is 0 Å². The minimum absolute atomic E-state index is 0.0252. The van der Waals surface area contributed by atoms with Gasteiger partial charge in [-0.15, -0.1) is 0 Å². The van der Waals surface area contributed by atoms with E-state index in [1.54, 1.807) is 12.1 Å². The molecule has 0 aromatic heterocycles. The Morgan fingerprint density at radius 3 is 2.67 bits per heavy atom. The Hall–Kier alpha value is -2.49. The summed E-state index contributed by atoms with van der Waals surface area (Å²) in [5.41, 5.74) is 1.84. The first-order chi connectivity index (χ1) is 11.4. The maximum absolute atomic E-state index is 10.8. The molecule has 0 spiro atoms. The van der Waals surface area contributed by atoms with Crippen molar-refractivity contribution in [1.82, 2.24) is 0 Å². The number of non-ortho nitro benzene ring substituents is 1. The summed E-state index contributed by atoms with van der Waals surface area (Å²) in [4.78, 5) is 15.3. The van der Waals surface area contributed by atoms with Gasteiger partial charge in [0.1, 0.15) is 0 Å². The number of nitrogens with zero attached hydrogens (tertiary/aromatic N) is 2. The smallest absolute Gasteiger partial charge is 0.269 e. The van der Waals surface area contributed by atoms with Crippen LogP contribution in [0.5, 0.6) is 0 Å². The number of fused-ring (bicyclic) bond motifs is 2. The SMILES string of the molecule is C=C1/C=C\C=C/C2(N=Cc3ccc([N+](=O)[O-])cc3)CCC1C2(C)C. The zero-order valence-electron chi connectivity index (χ0n) is 14.1. The fraction of sp³-hybridized carbons (Fsp3) is 0.350. The molecule has 1 aromatic carbocycles. The molecule has 0 radical (unpaired) electrons. The highest BCUT2D eigenvalue weighted by Crippen LogP contribution is 2.56. The van der Waals surface area contributed by atoms with Crippen LogP contribution in [0.2, 0.25) is 0 Å². The molecule has 0 aliphatic heterocycles. The number of benzene rings is 1. The Kier molecular flexibility index (Phi) is 3.99. The van der Waals surface area contributed by atoms with Gasteiger partial charge in [0.2, 0.25) is 0 Å². The van der Waals surface area contributed by atoms with Gasteiger partial charge in [-0.1, -0.05) is 50.3 Å². The second kappa shape index (κ2) is 5.86. The lowest BCUT2D eigenvalue weighted by molar-refractivity contribution is -0.384. The fourth-order valence-corrected chi connectivity index (χ4v) is 3.95. The third-order valence-electron chi connectivity index (χ3n) is 5.59. The molecule has 3 rings (SSSR count). The Bertz CT molecular complexity index is 756. The van der Waals surface area contributed by atoms with Gasteiger partial charge < -0.3 is 0 Å². The van der Waals surface area contributed by atoms with Gasteiger partial charge in [0.15, 0.2) is 0 Å². The highest BCUT2D eigenvalue weighted by atomic mass is 16.6. The van der Waals surface area contributed by atoms with Crippen molar-refractivity contribution >= 4 is 11.9 Å². The Morgan fingerprint density at radius 2 is 2.00 bits per heavy atom. The largest absolute Gasteiger partial charge is 0.281 e. The molecular weight excluding hydrogens is 300 g/mol. The molecule has 124 valence electrons. The highest BCUT2D eigenvalue weighted by molar-refractivity contribution is 5.80. The zero-order valence-corrected chi connectivity index (χ0v) is 14.1. The van der Waals surface area contributed by atoms with Crippen LogP contribution in [0.4, 0.5) is 5.69 Å². The van der Waals surface area contributed by atoms with E-state index in [2.05, 4.69) is 38.7 Å². The van der Waals surface area contributed by atoms with Crippen molar-refractivity contribution in [2.45, 2.75) is 32.2 Å². The van der Waals surface area contributed by atoms with Gasteiger partial charge in [0, 0.05) is 23.8 Å². The molecule has 0 heterocycles. The summed E-state index contributed by atoms with van der Waals surface area (Å²) >= 11 is 0. The van der Waals surface area contributed by atoms with E-state index < -0.39 is 0 Å². The monoisotopic (exact) mass is 322 g/mol. The average Bonchev–Trinajstić information content (AvgIpc) is 2.85. The number of hydrogen-bond acceptors (Lipinski definition) is 3. The van der Waals surface area contributed by atoms with Crippen molar-refractivity contribution in [3.05, 3.63) is 76.4 Å². The Morgan fingerprint density at radius 1 is 1.29 bits per heavy atom. The highest BCUT2D eigenvalue weighted by Gasteiger charge is 2.53. The quantitative estimate of drug-likeness (QED) is 0.453. The number of nitro groups is 1. The van der Waals surface area contributed by atoms with Gasteiger partial charge in [0.05, 0.1) is 10.5 Å². The van der Waals surface area contributed by atoms with Crippen molar-refractivity contribution in [3.63, 3.8) is 0 Å². The number of allylic oxidation sites excluding steroid dienone is 4. The number of rotatable bonds is 3. The predicted octanol–water partition coefficient (Wildman–Crippen LogP) is 4.87. The molecule has 2 aliphatic carbocycles. The number of hydrogen-bond donors (Lipinski definition) is 0. The molecular formula is C20H22N2O2. The van der Waals surface area contributed by atoms with Crippen molar-refractivity contribution in [3.8, 4) is 0 Å². The number of nitro benzene ring substituents is 1. The molecule has 4 heteroatoms. The second-order valence-corrected chi connectivity index (χ2v) is 7.14. The normalized spacial score (nSPS) is 30.8. The second-order valence-electron chi connectivity index (χ2n) is 7.14. The zero-order chi connectivity index (χ0) is 17.4. The molecule has 0 N–H and O–H groups in total. The fourth-order valence-electron chi connectivity index (χ4n) is 3.95. The van der Waals surface area contributed by atoms with Crippen LogP contribution in [0.1, 0.15) is 32.3 Å². The van der Waals surface area contributed by atoms with Gasteiger partial charge >= 0.3 is 0 Å². The molecule has 1 saturated carbocycles. The maximum atomic E-state index is 10.8. The van der Waals surface area contributed by atoms with E-state index >= 15 is 0 Å². The van der Waals surface area contributed by atoms with Crippen LogP contribution in [0.15, 0.2) is 65.7 Å². The van der Waals surface area contributed by atoms with E-state index in [9.17, 15) is 10.1 Å². The molecule has 4 nitrogen and oxygen atoms in total. The van der Waals surface area contributed by atoms with E-state index in [-0.39, 0.29) is 21.6 Å². The molecule has 2 aliphatic rings. The summed E-state index contributed by atoms with van der Waals surface area (Å²) in [6, 6.07) is 6.51. The van der Waals surface area contributed by atoms with Crippen LogP contribution in [-0.4, -0.2) is 16.7 Å². The first-order valence-corrected chi connectivity index (χ1v) is 8.20. The van der Waals surface area contributed by atoms with Crippen molar-refractivity contribution in [1.29, 1.82) is 0 Å². The van der Waals surface area contributed by atoms with Crippen molar-refractivity contribution < 1.29 is 4.92 Å². The van der Waals surface area contributed by atoms with E-state index in [0.717, 1.165) is 24.0 Å². The molecule has 2 bridgehead atoms. The lowest BCUT2D eigenvalue weighted by Crippen LogP contribution is -2.40. The van der Waals surface area contributed by atoms with Gasteiger partial charge in [-0.05, 0) is 36.5 Å². The van der Waals surface area contributed by atoms with Crippen LogP contribution in [0.25, 0.3) is 0 Å². The van der Waals surface area contributed by atoms with E-state index in [1.807, 2.05) is 12.3 Å². The minimum Gasteiger partial charge on any atom is -0.281 e. The Balaban J connectivity index is 1.94. The van der Waals surface area contributed by atoms with Crippen molar-refractivity contribution in [2.24, 2.45) is 16.3 Å². The molecule has 0 amide bonds. The van der Waals surface area contributed by atoms with E-state index in [4.69, 9.17) is 4.99 Å². The van der Waals surface area contributed by atoms with Gasteiger partial charge in [-0.25, -0.2) is 0 Å². The van der Waals surface area contributed by atoms with Crippen LogP contribution in [0.3, 0.4) is 0 Å². The Labute approximate surface area is 142 Å².